The number of hydrogen-bond acceptors (Lipinski definition) is 3. The summed E-state index contributed by atoms with van der Waals surface area (Å²) in [6.07, 6.45) is 13.5. The van der Waals surface area contributed by atoms with E-state index in [1.165, 1.54) is 90.4 Å². The summed E-state index contributed by atoms with van der Waals surface area (Å²) in [5.41, 5.74) is 0.802. The molecule has 5 heteroatoms. The first-order chi connectivity index (χ1) is 13.1. The van der Waals surface area contributed by atoms with Crippen LogP contribution in [-0.2, 0) is 0 Å². The molecule has 0 aromatic rings. The highest BCUT2D eigenvalue weighted by atomic mass is 15.3. The van der Waals surface area contributed by atoms with Gasteiger partial charge in [0.05, 0.1) is 0 Å². The molecular weight excluding hydrogens is 334 g/mol. The molecule has 0 bridgehead atoms. The van der Waals surface area contributed by atoms with Crippen molar-refractivity contribution in [1.82, 2.24) is 20.4 Å². The van der Waals surface area contributed by atoms with Crippen molar-refractivity contribution in [3.05, 3.63) is 0 Å². The molecule has 1 aliphatic carbocycles. The Hall–Kier alpha value is -0.810. The van der Waals surface area contributed by atoms with Crippen molar-refractivity contribution >= 4 is 5.96 Å². The Balaban J connectivity index is 1.58. The molecule has 3 aliphatic rings. The number of guanidine groups is 1. The Labute approximate surface area is 167 Å². The average molecular weight is 378 g/mol. The lowest BCUT2D eigenvalue weighted by Crippen LogP contribution is -2.62. The van der Waals surface area contributed by atoms with Crippen LogP contribution in [0.2, 0.25) is 0 Å². The SMILES string of the molecule is CCC1(CNC(=NC)NCC2(N3CCCCC3)CCN(C)CC2)CCCC1. The van der Waals surface area contributed by atoms with Crippen LogP contribution in [0.3, 0.4) is 0 Å². The summed E-state index contributed by atoms with van der Waals surface area (Å²) in [7, 11) is 4.19. The zero-order valence-electron chi connectivity index (χ0n) is 18.2. The van der Waals surface area contributed by atoms with Gasteiger partial charge in [-0.2, -0.15) is 0 Å². The van der Waals surface area contributed by atoms with Gasteiger partial charge in [-0.25, -0.2) is 0 Å². The Kier molecular flexibility index (Phi) is 7.43. The summed E-state index contributed by atoms with van der Waals surface area (Å²) < 4.78 is 0. The maximum atomic E-state index is 4.56. The molecule has 156 valence electrons. The van der Waals surface area contributed by atoms with Crippen molar-refractivity contribution in [2.45, 2.75) is 76.7 Å². The van der Waals surface area contributed by atoms with Gasteiger partial charge in [0.1, 0.15) is 0 Å². The first-order valence-corrected chi connectivity index (χ1v) is 11.5. The first-order valence-electron chi connectivity index (χ1n) is 11.5. The number of hydrogen-bond donors (Lipinski definition) is 2. The van der Waals surface area contributed by atoms with E-state index in [4.69, 9.17) is 0 Å². The number of likely N-dealkylation sites (tertiary alicyclic amines) is 2. The normalized spacial score (nSPS) is 26.9. The standard InChI is InChI=1S/C22H43N5/c1-4-21(10-6-7-11-21)18-24-20(23-2)25-19-22(12-16-26(3)17-13-22)27-14-8-5-9-15-27/h4-19H2,1-3H3,(H2,23,24,25). The lowest BCUT2D eigenvalue weighted by atomic mass is 9.83. The molecule has 2 aliphatic heterocycles. The fourth-order valence-electron chi connectivity index (χ4n) is 5.53. The molecule has 0 spiro atoms. The fourth-order valence-corrected chi connectivity index (χ4v) is 5.53. The van der Waals surface area contributed by atoms with E-state index in [0.29, 0.717) is 11.0 Å². The predicted octanol–water partition coefficient (Wildman–Crippen LogP) is 3.07. The van der Waals surface area contributed by atoms with Crippen molar-refractivity contribution in [3.8, 4) is 0 Å². The Morgan fingerprint density at radius 2 is 1.48 bits per heavy atom. The number of nitrogens with zero attached hydrogens (tertiary/aromatic N) is 3. The van der Waals surface area contributed by atoms with Crippen molar-refractivity contribution in [3.63, 3.8) is 0 Å². The summed E-state index contributed by atoms with van der Waals surface area (Å²) in [6.45, 7) is 9.42. The van der Waals surface area contributed by atoms with Gasteiger partial charge in [-0.15, -0.1) is 0 Å². The lowest BCUT2D eigenvalue weighted by Gasteiger charge is -2.50. The molecule has 1 saturated carbocycles. The highest BCUT2D eigenvalue weighted by molar-refractivity contribution is 5.79. The third-order valence-corrected chi connectivity index (χ3v) is 7.80. The molecule has 0 radical (unpaired) electrons. The second-order valence-corrected chi connectivity index (χ2v) is 9.42. The molecule has 3 rings (SSSR count). The maximum Gasteiger partial charge on any atom is 0.191 e. The molecule has 2 N–H and O–H groups in total. The van der Waals surface area contributed by atoms with Gasteiger partial charge < -0.3 is 15.5 Å². The van der Waals surface area contributed by atoms with Crippen LogP contribution in [0.4, 0.5) is 0 Å². The molecule has 0 aromatic carbocycles. The molecule has 0 amide bonds. The van der Waals surface area contributed by atoms with Crippen LogP contribution in [0.15, 0.2) is 4.99 Å². The van der Waals surface area contributed by atoms with Crippen LogP contribution in [0.25, 0.3) is 0 Å². The van der Waals surface area contributed by atoms with Gasteiger partial charge in [-0.3, -0.25) is 9.89 Å². The lowest BCUT2D eigenvalue weighted by molar-refractivity contribution is 0.0173. The predicted molar refractivity (Wildman–Crippen MR) is 115 cm³/mol. The van der Waals surface area contributed by atoms with Crippen LogP contribution < -0.4 is 10.6 Å². The van der Waals surface area contributed by atoms with Crippen LogP contribution in [0.1, 0.15) is 71.1 Å². The topological polar surface area (TPSA) is 42.9 Å². The van der Waals surface area contributed by atoms with Crippen molar-refractivity contribution in [2.24, 2.45) is 10.4 Å². The van der Waals surface area contributed by atoms with E-state index >= 15 is 0 Å². The van der Waals surface area contributed by atoms with E-state index in [1.54, 1.807) is 0 Å². The summed E-state index contributed by atoms with van der Waals surface area (Å²) in [5.74, 6) is 1.00. The minimum absolute atomic E-state index is 0.306. The van der Waals surface area contributed by atoms with Gasteiger partial charge in [-0.05, 0) is 83.6 Å². The summed E-state index contributed by atoms with van der Waals surface area (Å²) in [4.78, 5) is 9.84. The van der Waals surface area contributed by atoms with Crippen molar-refractivity contribution in [2.75, 3.05) is 53.4 Å². The molecule has 2 heterocycles. The molecule has 0 aromatic heterocycles. The maximum absolute atomic E-state index is 4.56. The summed E-state index contributed by atoms with van der Waals surface area (Å²) >= 11 is 0. The Morgan fingerprint density at radius 1 is 0.852 bits per heavy atom. The van der Waals surface area contributed by atoms with E-state index < -0.39 is 0 Å². The fraction of sp³-hybridized carbons (Fsp3) is 0.955. The third kappa shape index (κ3) is 5.17. The van der Waals surface area contributed by atoms with Crippen molar-refractivity contribution < 1.29 is 0 Å². The molecule has 0 unspecified atom stereocenters. The number of rotatable bonds is 6. The van der Waals surface area contributed by atoms with Gasteiger partial charge in [0.15, 0.2) is 5.96 Å². The number of aliphatic imine (C=N–C) groups is 1. The quantitative estimate of drug-likeness (QED) is 0.551. The van der Waals surface area contributed by atoms with Gasteiger partial charge in [0, 0.05) is 25.7 Å². The second-order valence-electron chi connectivity index (χ2n) is 9.42. The summed E-state index contributed by atoms with van der Waals surface area (Å²) in [5, 5.41) is 7.42. The Bertz CT molecular complexity index is 469. The van der Waals surface area contributed by atoms with E-state index in [-0.39, 0.29) is 0 Å². The van der Waals surface area contributed by atoms with Gasteiger partial charge in [0.25, 0.3) is 0 Å². The van der Waals surface area contributed by atoms with Crippen LogP contribution in [0.5, 0.6) is 0 Å². The van der Waals surface area contributed by atoms with Crippen molar-refractivity contribution in [1.29, 1.82) is 0 Å². The minimum atomic E-state index is 0.306. The largest absolute Gasteiger partial charge is 0.356 e. The first kappa shape index (κ1) is 20.9. The number of piperidine rings is 2. The van der Waals surface area contributed by atoms with Gasteiger partial charge in [-0.1, -0.05) is 26.2 Å². The molecule has 2 saturated heterocycles. The van der Waals surface area contributed by atoms with Crippen LogP contribution in [-0.4, -0.2) is 74.7 Å². The smallest absolute Gasteiger partial charge is 0.191 e. The van der Waals surface area contributed by atoms with E-state index in [0.717, 1.165) is 19.0 Å². The highest BCUT2D eigenvalue weighted by Gasteiger charge is 2.40. The zero-order chi connectivity index (χ0) is 19.2. The molecule has 3 fully saturated rings. The molecular formula is C22H43N5. The molecule has 5 nitrogen and oxygen atoms in total. The van der Waals surface area contributed by atoms with E-state index in [9.17, 15) is 0 Å². The molecule has 27 heavy (non-hydrogen) atoms. The second kappa shape index (κ2) is 9.60. The van der Waals surface area contributed by atoms with E-state index in [2.05, 4.69) is 39.4 Å². The average Bonchev–Trinajstić information content (AvgIpc) is 3.20. The van der Waals surface area contributed by atoms with Gasteiger partial charge in [0.2, 0.25) is 0 Å². The third-order valence-electron chi connectivity index (χ3n) is 7.80. The van der Waals surface area contributed by atoms with Gasteiger partial charge >= 0.3 is 0 Å². The van der Waals surface area contributed by atoms with E-state index in [1.807, 2.05) is 7.05 Å². The summed E-state index contributed by atoms with van der Waals surface area (Å²) in [6, 6.07) is 0. The van der Waals surface area contributed by atoms with Crippen LogP contribution in [0, 0.1) is 5.41 Å². The van der Waals surface area contributed by atoms with Crippen LogP contribution >= 0.6 is 0 Å². The zero-order valence-corrected chi connectivity index (χ0v) is 18.2. The molecule has 0 atom stereocenters. The number of nitrogens with one attached hydrogen (secondary N) is 2. The highest BCUT2D eigenvalue weighted by Crippen LogP contribution is 2.40. The monoisotopic (exact) mass is 377 g/mol. The minimum Gasteiger partial charge on any atom is -0.356 e. The Morgan fingerprint density at radius 3 is 2.07 bits per heavy atom.